The minimum Gasteiger partial charge on any atom is -0.0625 e. The third-order valence-electron chi connectivity index (χ3n) is 8.49. The molecule has 0 nitrogen and oxygen atoms in total. The van der Waals surface area contributed by atoms with Crippen LogP contribution in [0.15, 0.2) is 0 Å². The van der Waals surface area contributed by atoms with Crippen LogP contribution >= 0.6 is 0 Å². The van der Waals surface area contributed by atoms with Gasteiger partial charge >= 0.3 is 0 Å². The summed E-state index contributed by atoms with van der Waals surface area (Å²) >= 11 is 0. The van der Waals surface area contributed by atoms with Gasteiger partial charge in [0.25, 0.3) is 0 Å². The first-order valence-corrected chi connectivity index (χ1v) is 11.5. The van der Waals surface area contributed by atoms with Crippen molar-refractivity contribution in [3.63, 3.8) is 0 Å². The van der Waals surface area contributed by atoms with E-state index in [0.29, 0.717) is 0 Å². The summed E-state index contributed by atoms with van der Waals surface area (Å²) in [6, 6.07) is 0. The van der Waals surface area contributed by atoms with Gasteiger partial charge in [0.1, 0.15) is 0 Å². The Hall–Kier alpha value is 0. The summed E-state index contributed by atoms with van der Waals surface area (Å²) in [6.07, 6.45) is 18.4. The smallest absolute Gasteiger partial charge is 0.0383 e. The molecule has 3 rings (SSSR count). The van der Waals surface area contributed by atoms with Crippen LogP contribution in [0.1, 0.15) is 105 Å². The van der Waals surface area contributed by atoms with Gasteiger partial charge in [-0.15, -0.1) is 0 Å². The van der Waals surface area contributed by atoms with Crippen molar-refractivity contribution in [1.29, 1.82) is 0 Å². The van der Waals surface area contributed by atoms with E-state index in [9.17, 15) is 0 Å². The summed E-state index contributed by atoms with van der Waals surface area (Å²) in [4.78, 5) is 0. The molecule has 0 aliphatic heterocycles. The van der Waals surface area contributed by atoms with Crippen molar-refractivity contribution < 1.29 is 0 Å². The van der Waals surface area contributed by atoms with Gasteiger partial charge in [-0.3, -0.25) is 0 Å². The van der Waals surface area contributed by atoms with Gasteiger partial charge in [0.05, 0.1) is 0 Å². The summed E-state index contributed by atoms with van der Waals surface area (Å²) in [5, 5.41) is 0. The standard InChI is InChI=1S/C24H44/c1-17-5-7-19(3)23(13-17)15-21-9-11-22(12-10-21)16-24-14-18(2)6-8-20(24)4/h17-24H,5-16H2,1-4H3. The number of rotatable bonds is 4. The van der Waals surface area contributed by atoms with Crippen LogP contribution in [0, 0.1) is 47.3 Å². The molecule has 0 aromatic carbocycles. The van der Waals surface area contributed by atoms with Gasteiger partial charge in [0, 0.05) is 0 Å². The monoisotopic (exact) mass is 332 g/mol. The fourth-order valence-electron chi connectivity index (χ4n) is 6.52. The highest BCUT2D eigenvalue weighted by molar-refractivity contribution is 4.83. The molecule has 3 aliphatic rings. The molecule has 3 fully saturated rings. The van der Waals surface area contributed by atoms with E-state index in [0.717, 1.165) is 47.3 Å². The van der Waals surface area contributed by atoms with E-state index >= 15 is 0 Å². The van der Waals surface area contributed by atoms with Gasteiger partial charge in [0.2, 0.25) is 0 Å². The molecule has 3 saturated carbocycles. The zero-order valence-electron chi connectivity index (χ0n) is 17.1. The Morgan fingerprint density at radius 1 is 0.500 bits per heavy atom. The quantitative estimate of drug-likeness (QED) is 0.494. The zero-order valence-corrected chi connectivity index (χ0v) is 17.1. The normalized spacial score (nSPS) is 47.5. The van der Waals surface area contributed by atoms with E-state index < -0.39 is 0 Å². The average molecular weight is 333 g/mol. The molecule has 0 saturated heterocycles. The van der Waals surface area contributed by atoms with E-state index in [1.807, 2.05) is 0 Å². The fourth-order valence-corrected chi connectivity index (χ4v) is 6.52. The first-order valence-electron chi connectivity index (χ1n) is 11.5. The maximum Gasteiger partial charge on any atom is -0.0383 e. The Bertz CT molecular complexity index is 328. The predicted molar refractivity (Wildman–Crippen MR) is 106 cm³/mol. The average Bonchev–Trinajstić information content (AvgIpc) is 2.56. The second kappa shape index (κ2) is 8.59. The van der Waals surface area contributed by atoms with Gasteiger partial charge in [-0.1, -0.05) is 79.1 Å². The van der Waals surface area contributed by atoms with Crippen LogP contribution in [-0.2, 0) is 0 Å². The lowest BCUT2D eigenvalue weighted by molar-refractivity contribution is 0.122. The fraction of sp³-hybridized carbons (Fsp3) is 1.00. The van der Waals surface area contributed by atoms with Crippen LogP contribution < -0.4 is 0 Å². The first kappa shape index (κ1) is 18.8. The SMILES string of the molecule is CC1CCC(C)C(CC2CCC(CC3CC(C)CCC3C)CC2)C1. The van der Waals surface area contributed by atoms with E-state index in [4.69, 9.17) is 0 Å². The second-order valence-corrected chi connectivity index (χ2v) is 10.7. The summed E-state index contributed by atoms with van der Waals surface area (Å²) in [5.41, 5.74) is 0. The molecule has 0 amide bonds. The lowest BCUT2D eigenvalue weighted by Gasteiger charge is -2.39. The van der Waals surface area contributed by atoms with Crippen LogP contribution in [-0.4, -0.2) is 0 Å². The Kier molecular flexibility index (Phi) is 6.72. The van der Waals surface area contributed by atoms with Crippen molar-refractivity contribution in [2.45, 2.75) is 105 Å². The van der Waals surface area contributed by atoms with Gasteiger partial charge in [0.15, 0.2) is 0 Å². The molecule has 6 atom stereocenters. The Morgan fingerprint density at radius 3 is 1.25 bits per heavy atom. The Morgan fingerprint density at radius 2 is 0.875 bits per heavy atom. The molecule has 0 radical (unpaired) electrons. The summed E-state index contributed by atoms with van der Waals surface area (Å²) in [6.45, 7) is 10.0. The number of hydrogen-bond acceptors (Lipinski definition) is 0. The summed E-state index contributed by atoms with van der Waals surface area (Å²) < 4.78 is 0. The maximum absolute atomic E-state index is 2.54. The Balaban J connectivity index is 1.41. The molecule has 0 spiro atoms. The predicted octanol–water partition coefficient (Wildman–Crippen LogP) is 7.72. The number of hydrogen-bond donors (Lipinski definition) is 0. The summed E-state index contributed by atoms with van der Waals surface area (Å²) in [5.74, 6) is 8.24. The van der Waals surface area contributed by atoms with Crippen molar-refractivity contribution in [2.24, 2.45) is 47.3 Å². The molecule has 0 N–H and O–H groups in total. The van der Waals surface area contributed by atoms with Gasteiger partial charge < -0.3 is 0 Å². The highest BCUT2D eigenvalue weighted by Gasteiger charge is 2.32. The van der Waals surface area contributed by atoms with Crippen LogP contribution in [0.3, 0.4) is 0 Å². The minimum absolute atomic E-state index is 0.998. The first-order chi connectivity index (χ1) is 11.5. The lowest BCUT2D eigenvalue weighted by Crippen LogP contribution is -2.28. The molecule has 0 bridgehead atoms. The lowest BCUT2D eigenvalue weighted by atomic mass is 9.67. The van der Waals surface area contributed by atoms with Crippen LogP contribution in [0.4, 0.5) is 0 Å². The van der Waals surface area contributed by atoms with E-state index in [1.165, 1.54) is 38.5 Å². The van der Waals surface area contributed by atoms with Gasteiger partial charge in [-0.05, 0) is 73.0 Å². The third-order valence-corrected chi connectivity index (χ3v) is 8.49. The molecule has 140 valence electrons. The van der Waals surface area contributed by atoms with Crippen LogP contribution in [0.5, 0.6) is 0 Å². The zero-order chi connectivity index (χ0) is 17.1. The molecule has 0 aromatic heterocycles. The molecule has 3 aliphatic carbocycles. The largest absolute Gasteiger partial charge is 0.0625 e. The van der Waals surface area contributed by atoms with Crippen LogP contribution in [0.2, 0.25) is 0 Å². The molecule has 24 heavy (non-hydrogen) atoms. The molecule has 6 unspecified atom stereocenters. The Labute approximate surface area is 152 Å². The highest BCUT2D eigenvalue weighted by Crippen LogP contribution is 2.44. The highest BCUT2D eigenvalue weighted by atomic mass is 14.4. The third kappa shape index (κ3) is 5.01. The second-order valence-electron chi connectivity index (χ2n) is 10.7. The summed E-state index contributed by atoms with van der Waals surface area (Å²) in [7, 11) is 0. The molecular weight excluding hydrogens is 288 g/mol. The topological polar surface area (TPSA) is 0 Å². The van der Waals surface area contributed by atoms with E-state index in [-0.39, 0.29) is 0 Å². The van der Waals surface area contributed by atoms with Crippen molar-refractivity contribution in [1.82, 2.24) is 0 Å². The van der Waals surface area contributed by atoms with Gasteiger partial charge in [-0.2, -0.15) is 0 Å². The molecule has 0 heteroatoms. The van der Waals surface area contributed by atoms with Crippen molar-refractivity contribution in [3.05, 3.63) is 0 Å². The minimum atomic E-state index is 0.998. The van der Waals surface area contributed by atoms with E-state index in [1.54, 1.807) is 38.5 Å². The molecular formula is C24H44. The maximum atomic E-state index is 2.54. The van der Waals surface area contributed by atoms with Crippen molar-refractivity contribution >= 4 is 0 Å². The van der Waals surface area contributed by atoms with Crippen LogP contribution in [0.25, 0.3) is 0 Å². The molecule has 0 aromatic rings. The molecule has 0 heterocycles. The van der Waals surface area contributed by atoms with E-state index in [2.05, 4.69) is 27.7 Å². The van der Waals surface area contributed by atoms with Crippen molar-refractivity contribution in [2.75, 3.05) is 0 Å². The van der Waals surface area contributed by atoms with Crippen molar-refractivity contribution in [3.8, 4) is 0 Å². The van der Waals surface area contributed by atoms with Gasteiger partial charge in [-0.25, -0.2) is 0 Å².